The van der Waals surface area contributed by atoms with Crippen molar-refractivity contribution in [2.45, 2.75) is 95.9 Å². The van der Waals surface area contributed by atoms with E-state index in [1.54, 1.807) is 18.7 Å². The van der Waals surface area contributed by atoms with Crippen molar-refractivity contribution in [2.24, 2.45) is 0 Å². The summed E-state index contributed by atoms with van der Waals surface area (Å²) in [7, 11) is 0. The maximum absolute atomic E-state index is 13.1. The lowest BCUT2D eigenvalue weighted by molar-refractivity contribution is -0.138. The molecular formula is C31H44N2O8. The Morgan fingerprint density at radius 1 is 1.17 bits per heavy atom. The highest BCUT2D eigenvalue weighted by atomic mass is 16.6. The lowest BCUT2D eigenvalue weighted by Gasteiger charge is -2.41. The normalized spacial score (nSPS) is 27.0. The Kier molecular flexibility index (Phi) is 9.96. The second-order valence-electron chi connectivity index (χ2n) is 12.1. The Labute approximate surface area is 242 Å². The quantitative estimate of drug-likeness (QED) is 0.276. The number of esters is 1. The van der Waals surface area contributed by atoms with Crippen LogP contribution in [0.4, 0.5) is 4.79 Å². The first-order valence-electron chi connectivity index (χ1n) is 14.6. The summed E-state index contributed by atoms with van der Waals surface area (Å²) in [5.74, 6) is 0.911. The van der Waals surface area contributed by atoms with Gasteiger partial charge >= 0.3 is 12.1 Å². The second-order valence-corrected chi connectivity index (χ2v) is 12.1. The highest BCUT2D eigenvalue weighted by molar-refractivity contribution is 5.82. The third kappa shape index (κ3) is 8.01. The summed E-state index contributed by atoms with van der Waals surface area (Å²) in [5.41, 5.74) is -0.208. The summed E-state index contributed by atoms with van der Waals surface area (Å²) < 4.78 is 28.7. The molecule has 41 heavy (non-hydrogen) atoms. The van der Waals surface area contributed by atoms with E-state index < -0.39 is 23.2 Å². The molecule has 0 radical (unpaired) electrons. The van der Waals surface area contributed by atoms with Gasteiger partial charge in [-0.3, -0.25) is 4.79 Å². The van der Waals surface area contributed by atoms with Gasteiger partial charge in [-0.1, -0.05) is 18.2 Å². The van der Waals surface area contributed by atoms with Crippen LogP contribution in [0.5, 0.6) is 5.75 Å². The average Bonchev–Trinajstić information content (AvgIpc) is 3.24. The number of carbonyl (C=O) groups excluding carboxylic acids is 3. The van der Waals surface area contributed by atoms with Crippen LogP contribution >= 0.6 is 0 Å². The fourth-order valence-corrected chi connectivity index (χ4v) is 5.95. The molecule has 10 nitrogen and oxygen atoms in total. The highest BCUT2D eigenvalue weighted by Crippen LogP contribution is 2.40. The van der Waals surface area contributed by atoms with Crippen LogP contribution in [0.15, 0.2) is 36.1 Å². The molecule has 3 fully saturated rings. The maximum Gasteiger partial charge on any atom is 0.410 e. The molecule has 2 heterocycles. The van der Waals surface area contributed by atoms with Crippen LogP contribution in [0.25, 0.3) is 0 Å². The minimum absolute atomic E-state index is 0.0229. The summed E-state index contributed by atoms with van der Waals surface area (Å²) >= 11 is 0. The lowest BCUT2D eigenvalue weighted by Crippen LogP contribution is -2.65. The standard InChI is InChI=1S/C31H44N2O8/c1-6-38-28(35)17-21(2)40-25-10-8-7-9-24(25)22-11-13-23(14-12-22)39-18-26-31(20-37-19-27(34)32-31)15-16-33(26)29(36)41-30(3,4)5/h7-10,17,22-23,26H,6,11-16,18-20H2,1-5H3,(H,32,34)/b21-17+/t22-,23+,26?,31?. The van der Waals surface area contributed by atoms with Crippen molar-refractivity contribution in [1.82, 2.24) is 10.2 Å². The number of hydrogen-bond acceptors (Lipinski definition) is 8. The molecule has 2 atom stereocenters. The Morgan fingerprint density at radius 2 is 1.90 bits per heavy atom. The minimum Gasteiger partial charge on any atom is -0.463 e. The molecule has 1 aromatic rings. The molecule has 3 aliphatic rings. The van der Waals surface area contributed by atoms with Gasteiger partial charge in [0.25, 0.3) is 0 Å². The third-order valence-corrected chi connectivity index (χ3v) is 7.82. The summed E-state index contributed by atoms with van der Waals surface area (Å²) in [5, 5.41) is 3.11. The van der Waals surface area contributed by atoms with E-state index >= 15 is 0 Å². The van der Waals surface area contributed by atoms with Crippen molar-refractivity contribution < 1.29 is 38.1 Å². The van der Waals surface area contributed by atoms with E-state index in [0.717, 1.165) is 37.0 Å². The smallest absolute Gasteiger partial charge is 0.410 e. The Hall–Kier alpha value is -3.11. The molecule has 10 heteroatoms. The van der Waals surface area contributed by atoms with Crippen LogP contribution in [0.3, 0.4) is 0 Å². The number of para-hydroxylation sites is 1. The van der Waals surface area contributed by atoms with E-state index in [-0.39, 0.29) is 31.3 Å². The van der Waals surface area contributed by atoms with Crippen molar-refractivity contribution in [2.75, 3.05) is 33.0 Å². The zero-order valence-corrected chi connectivity index (χ0v) is 24.9. The minimum atomic E-state index is -0.686. The number of amides is 2. The fourth-order valence-electron chi connectivity index (χ4n) is 5.95. The van der Waals surface area contributed by atoms with Crippen molar-refractivity contribution >= 4 is 18.0 Å². The van der Waals surface area contributed by atoms with Gasteiger partial charge in [0.1, 0.15) is 23.7 Å². The second kappa shape index (κ2) is 13.2. The average molecular weight is 573 g/mol. The third-order valence-electron chi connectivity index (χ3n) is 7.82. The Bertz CT molecular complexity index is 1120. The Morgan fingerprint density at radius 3 is 2.59 bits per heavy atom. The van der Waals surface area contributed by atoms with Gasteiger partial charge in [0.15, 0.2) is 0 Å². The number of rotatable bonds is 8. The van der Waals surface area contributed by atoms with Gasteiger partial charge in [0.05, 0.1) is 43.6 Å². The predicted octanol–water partition coefficient (Wildman–Crippen LogP) is 4.47. The van der Waals surface area contributed by atoms with Gasteiger partial charge in [-0.2, -0.15) is 0 Å². The highest BCUT2D eigenvalue weighted by Gasteiger charge is 2.53. The van der Waals surface area contributed by atoms with E-state index in [2.05, 4.69) is 11.4 Å². The zero-order chi connectivity index (χ0) is 29.6. The number of nitrogens with one attached hydrogen (secondary N) is 1. The van der Waals surface area contributed by atoms with Gasteiger partial charge in [-0.25, -0.2) is 9.59 Å². The molecule has 4 rings (SSSR count). The molecule has 1 spiro atoms. The van der Waals surface area contributed by atoms with Gasteiger partial charge in [0, 0.05) is 6.54 Å². The van der Waals surface area contributed by atoms with Crippen molar-refractivity contribution in [1.29, 1.82) is 0 Å². The topological polar surface area (TPSA) is 113 Å². The predicted molar refractivity (Wildman–Crippen MR) is 151 cm³/mol. The molecule has 1 N–H and O–H groups in total. The summed E-state index contributed by atoms with van der Waals surface area (Å²) in [6.45, 7) is 10.4. The zero-order valence-electron chi connectivity index (χ0n) is 24.9. The van der Waals surface area contributed by atoms with E-state index in [4.69, 9.17) is 23.7 Å². The van der Waals surface area contributed by atoms with E-state index in [1.165, 1.54) is 6.08 Å². The first-order valence-corrected chi connectivity index (χ1v) is 14.6. The molecule has 1 aliphatic carbocycles. The lowest BCUT2D eigenvalue weighted by atomic mass is 9.82. The van der Waals surface area contributed by atoms with E-state index in [9.17, 15) is 14.4 Å². The first-order chi connectivity index (χ1) is 19.5. The van der Waals surface area contributed by atoms with Crippen LogP contribution in [-0.4, -0.2) is 79.1 Å². The number of carbonyl (C=O) groups is 3. The number of likely N-dealkylation sites (tertiary alicyclic amines) is 1. The largest absolute Gasteiger partial charge is 0.463 e. The van der Waals surface area contributed by atoms with Gasteiger partial charge < -0.3 is 33.9 Å². The molecule has 1 aromatic carbocycles. The Balaban J connectivity index is 1.38. The van der Waals surface area contributed by atoms with E-state index in [0.29, 0.717) is 37.9 Å². The summed E-state index contributed by atoms with van der Waals surface area (Å²) in [6.07, 6.45) is 5.10. The van der Waals surface area contributed by atoms with Crippen molar-refractivity contribution in [3.05, 3.63) is 41.7 Å². The van der Waals surface area contributed by atoms with Crippen LogP contribution in [0.2, 0.25) is 0 Å². The van der Waals surface area contributed by atoms with Gasteiger partial charge in [-0.15, -0.1) is 0 Å². The molecule has 0 bridgehead atoms. The van der Waals surface area contributed by atoms with Crippen molar-refractivity contribution in [3.8, 4) is 5.75 Å². The van der Waals surface area contributed by atoms with Crippen molar-refractivity contribution in [3.63, 3.8) is 0 Å². The monoisotopic (exact) mass is 572 g/mol. The van der Waals surface area contributed by atoms with E-state index in [1.807, 2.05) is 39.0 Å². The summed E-state index contributed by atoms with van der Waals surface area (Å²) in [6, 6.07) is 7.53. The molecule has 0 aromatic heterocycles. The van der Waals surface area contributed by atoms with Crippen LogP contribution < -0.4 is 10.1 Å². The number of hydrogen-bond donors (Lipinski definition) is 1. The number of ether oxygens (including phenoxy) is 5. The van der Waals surface area contributed by atoms with Crippen LogP contribution in [0.1, 0.15) is 78.2 Å². The number of allylic oxidation sites excluding steroid dienone is 1. The summed E-state index contributed by atoms with van der Waals surface area (Å²) in [4.78, 5) is 38.9. The first kappa shape index (κ1) is 30.8. The SMILES string of the molecule is CCOC(=O)/C=C(\C)Oc1ccccc1[C@H]1CC[C@@H](OCC2N(C(=O)OC(C)(C)C)CCC23COCC(=O)N3)CC1. The van der Waals surface area contributed by atoms with Crippen LogP contribution in [-0.2, 0) is 28.5 Å². The number of nitrogens with zero attached hydrogens (tertiary/aromatic N) is 1. The molecule has 2 aliphatic heterocycles. The van der Waals surface area contributed by atoms with Gasteiger partial charge in [0.2, 0.25) is 5.91 Å². The molecule has 2 amide bonds. The molecule has 2 saturated heterocycles. The number of morpholine rings is 1. The fraction of sp³-hybridized carbons (Fsp3) is 0.645. The molecule has 1 saturated carbocycles. The molecular weight excluding hydrogens is 528 g/mol. The van der Waals surface area contributed by atoms with Crippen LogP contribution in [0, 0.1) is 0 Å². The maximum atomic E-state index is 13.1. The molecule has 226 valence electrons. The number of benzene rings is 1. The van der Waals surface area contributed by atoms with Gasteiger partial charge in [-0.05, 0) is 84.3 Å². The molecule has 2 unspecified atom stereocenters.